The molecule has 0 amide bonds. The maximum absolute atomic E-state index is 9.55. The average molecular weight is 333 g/mol. The molecule has 0 saturated carbocycles. The summed E-state index contributed by atoms with van der Waals surface area (Å²) in [5.74, 6) is 1.03. The van der Waals surface area contributed by atoms with Crippen molar-refractivity contribution >= 4 is 33.1 Å². The maximum atomic E-state index is 9.55. The van der Waals surface area contributed by atoms with E-state index >= 15 is 0 Å². The van der Waals surface area contributed by atoms with Crippen LogP contribution in [0.25, 0.3) is 20.7 Å². The third kappa shape index (κ3) is 2.70. The Morgan fingerprint density at radius 2 is 1.83 bits per heavy atom. The molecule has 0 bridgehead atoms. The number of benzene rings is 2. The van der Waals surface area contributed by atoms with Crippen molar-refractivity contribution in [2.24, 2.45) is 0 Å². The van der Waals surface area contributed by atoms with Crippen LogP contribution in [0.2, 0.25) is 0 Å². The van der Waals surface area contributed by atoms with E-state index in [4.69, 9.17) is 0 Å². The highest BCUT2D eigenvalue weighted by Gasteiger charge is 2.11. The van der Waals surface area contributed by atoms with Crippen LogP contribution in [0.5, 0.6) is 5.75 Å². The molecule has 0 spiro atoms. The third-order valence-corrected chi connectivity index (χ3v) is 4.94. The van der Waals surface area contributed by atoms with Crippen molar-refractivity contribution in [1.29, 1.82) is 0 Å². The highest BCUT2D eigenvalue weighted by atomic mass is 32.1. The Hall–Kier alpha value is -2.92. The van der Waals surface area contributed by atoms with Crippen LogP contribution in [0.15, 0.2) is 60.9 Å². The summed E-state index contributed by atoms with van der Waals surface area (Å²) in [4.78, 5) is 10.9. The molecule has 2 aromatic carbocycles. The summed E-state index contributed by atoms with van der Waals surface area (Å²) in [6, 6.07) is 17.6. The second-order valence-electron chi connectivity index (χ2n) is 5.54. The van der Waals surface area contributed by atoms with Gasteiger partial charge in [0, 0.05) is 10.6 Å². The zero-order chi connectivity index (χ0) is 16.5. The van der Waals surface area contributed by atoms with Crippen LogP contribution in [-0.2, 0) is 0 Å². The molecule has 2 heterocycles. The Bertz CT molecular complexity index is 1010. The van der Waals surface area contributed by atoms with Crippen LogP contribution < -0.4 is 5.32 Å². The highest BCUT2D eigenvalue weighted by molar-refractivity contribution is 7.21. The molecule has 5 heteroatoms. The molecule has 2 aromatic heterocycles. The van der Waals surface area contributed by atoms with Crippen molar-refractivity contribution in [3.05, 3.63) is 66.5 Å². The molecule has 24 heavy (non-hydrogen) atoms. The fourth-order valence-corrected chi connectivity index (χ4v) is 3.62. The molecular formula is C19H15N3OS. The minimum atomic E-state index is 0.257. The number of aromatic hydroxyl groups is 1. The van der Waals surface area contributed by atoms with Crippen molar-refractivity contribution in [3.8, 4) is 16.2 Å². The standard InChI is InChI=1S/C19H15N3OS/c1-12-9-14(23)7-8-16(12)22-18-15-10-17(13-5-3-2-4-6-13)24-19(15)21-11-20-18/h2-11,23H,1H3,(H,20,21,22). The molecule has 0 aliphatic heterocycles. The first-order valence-electron chi connectivity index (χ1n) is 7.57. The Balaban J connectivity index is 1.77. The van der Waals surface area contributed by atoms with E-state index in [0.29, 0.717) is 0 Å². The van der Waals surface area contributed by atoms with Crippen molar-refractivity contribution in [2.75, 3.05) is 5.32 Å². The SMILES string of the molecule is Cc1cc(O)ccc1Nc1ncnc2sc(-c3ccccc3)cc12. The lowest BCUT2D eigenvalue weighted by molar-refractivity contribution is 0.475. The molecule has 2 N–H and O–H groups in total. The van der Waals surface area contributed by atoms with Crippen molar-refractivity contribution < 1.29 is 5.11 Å². The molecule has 4 nitrogen and oxygen atoms in total. The van der Waals surface area contributed by atoms with E-state index in [1.165, 1.54) is 5.56 Å². The van der Waals surface area contributed by atoms with Gasteiger partial charge in [0.15, 0.2) is 0 Å². The topological polar surface area (TPSA) is 58.0 Å². The number of aromatic nitrogens is 2. The van der Waals surface area contributed by atoms with Gasteiger partial charge in [-0.2, -0.15) is 0 Å². The van der Waals surface area contributed by atoms with Gasteiger partial charge in [0.25, 0.3) is 0 Å². The number of phenols is 1. The number of anilines is 2. The summed E-state index contributed by atoms with van der Waals surface area (Å²) in [5, 5.41) is 13.9. The molecule has 0 atom stereocenters. The summed E-state index contributed by atoms with van der Waals surface area (Å²) < 4.78 is 0. The van der Waals surface area contributed by atoms with Crippen molar-refractivity contribution in [2.45, 2.75) is 6.92 Å². The van der Waals surface area contributed by atoms with Gasteiger partial charge >= 0.3 is 0 Å². The van der Waals surface area contributed by atoms with Gasteiger partial charge in [0.1, 0.15) is 22.7 Å². The monoisotopic (exact) mass is 333 g/mol. The summed E-state index contributed by atoms with van der Waals surface area (Å²) in [6.07, 6.45) is 1.58. The van der Waals surface area contributed by atoms with Gasteiger partial charge in [-0.15, -0.1) is 11.3 Å². The molecule has 0 radical (unpaired) electrons. The van der Waals surface area contributed by atoms with E-state index in [0.717, 1.165) is 32.2 Å². The third-order valence-electron chi connectivity index (χ3n) is 3.85. The van der Waals surface area contributed by atoms with Gasteiger partial charge in [-0.3, -0.25) is 0 Å². The Morgan fingerprint density at radius 3 is 2.62 bits per heavy atom. The molecule has 4 rings (SSSR count). The van der Waals surface area contributed by atoms with Gasteiger partial charge in [0.2, 0.25) is 0 Å². The minimum absolute atomic E-state index is 0.257. The Kier molecular flexibility index (Phi) is 3.63. The smallest absolute Gasteiger partial charge is 0.142 e. The van der Waals surface area contributed by atoms with Crippen molar-refractivity contribution in [1.82, 2.24) is 9.97 Å². The van der Waals surface area contributed by atoms with Crippen molar-refractivity contribution in [3.63, 3.8) is 0 Å². The van der Waals surface area contributed by atoms with E-state index < -0.39 is 0 Å². The predicted octanol–water partition coefficient (Wildman–Crippen LogP) is 5.12. The number of nitrogens with zero attached hydrogens (tertiary/aromatic N) is 2. The van der Waals surface area contributed by atoms with Crippen LogP contribution in [0.4, 0.5) is 11.5 Å². The fraction of sp³-hybridized carbons (Fsp3) is 0.0526. The lowest BCUT2D eigenvalue weighted by Gasteiger charge is -2.09. The number of rotatable bonds is 3. The molecule has 0 fully saturated rings. The van der Waals surface area contributed by atoms with Crippen LogP contribution in [0.1, 0.15) is 5.56 Å². The zero-order valence-corrected chi connectivity index (χ0v) is 13.8. The second kappa shape index (κ2) is 5.94. The maximum Gasteiger partial charge on any atom is 0.142 e. The number of nitrogens with one attached hydrogen (secondary N) is 1. The van der Waals surface area contributed by atoms with Crippen LogP contribution in [0, 0.1) is 6.92 Å². The number of hydrogen-bond donors (Lipinski definition) is 2. The molecule has 0 saturated heterocycles. The predicted molar refractivity (Wildman–Crippen MR) is 99.0 cm³/mol. The first-order chi connectivity index (χ1) is 11.7. The summed E-state index contributed by atoms with van der Waals surface area (Å²) in [6.45, 7) is 1.95. The van der Waals surface area contributed by atoms with Crippen LogP contribution in [0.3, 0.4) is 0 Å². The number of fused-ring (bicyclic) bond motifs is 1. The van der Waals surface area contributed by atoms with Gasteiger partial charge in [-0.25, -0.2) is 9.97 Å². The minimum Gasteiger partial charge on any atom is -0.508 e. The van der Waals surface area contributed by atoms with E-state index in [1.54, 1.807) is 29.8 Å². The summed E-state index contributed by atoms with van der Waals surface area (Å²) >= 11 is 1.65. The van der Waals surface area contributed by atoms with Gasteiger partial charge < -0.3 is 10.4 Å². The van der Waals surface area contributed by atoms with Gasteiger partial charge in [-0.05, 0) is 42.3 Å². The Labute approximate surface area is 143 Å². The van der Waals surface area contributed by atoms with Crippen LogP contribution in [-0.4, -0.2) is 15.1 Å². The van der Waals surface area contributed by atoms with Crippen LogP contribution >= 0.6 is 11.3 Å². The lowest BCUT2D eigenvalue weighted by atomic mass is 10.1. The lowest BCUT2D eigenvalue weighted by Crippen LogP contribution is -1.96. The van der Waals surface area contributed by atoms with Gasteiger partial charge in [-0.1, -0.05) is 30.3 Å². The molecule has 0 aliphatic rings. The normalized spacial score (nSPS) is 10.9. The molecular weight excluding hydrogens is 318 g/mol. The Morgan fingerprint density at radius 1 is 1.00 bits per heavy atom. The molecule has 118 valence electrons. The number of aryl methyl sites for hydroxylation is 1. The van der Waals surface area contributed by atoms with E-state index in [-0.39, 0.29) is 5.75 Å². The number of hydrogen-bond acceptors (Lipinski definition) is 5. The fourth-order valence-electron chi connectivity index (χ4n) is 2.62. The first kappa shape index (κ1) is 14.7. The summed E-state index contributed by atoms with van der Waals surface area (Å²) in [7, 11) is 0. The number of thiophene rings is 1. The van der Waals surface area contributed by atoms with E-state index in [1.807, 2.05) is 31.2 Å². The molecule has 4 aromatic rings. The van der Waals surface area contributed by atoms with E-state index in [9.17, 15) is 5.11 Å². The largest absolute Gasteiger partial charge is 0.508 e. The quantitative estimate of drug-likeness (QED) is 0.511. The second-order valence-corrected chi connectivity index (χ2v) is 6.57. The molecule has 0 aliphatic carbocycles. The first-order valence-corrected chi connectivity index (χ1v) is 8.39. The van der Waals surface area contributed by atoms with E-state index in [2.05, 4.69) is 33.5 Å². The van der Waals surface area contributed by atoms with Gasteiger partial charge in [0.05, 0.1) is 5.39 Å². The number of phenolic OH excluding ortho intramolecular Hbond substituents is 1. The highest BCUT2D eigenvalue weighted by Crippen LogP contribution is 2.36. The zero-order valence-electron chi connectivity index (χ0n) is 13.0. The molecule has 0 unspecified atom stereocenters. The average Bonchev–Trinajstić information content (AvgIpc) is 3.03. The summed E-state index contributed by atoms with van der Waals surface area (Å²) in [5.41, 5.74) is 3.05.